The van der Waals surface area contributed by atoms with Crippen LogP contribution in [0.15, 0.2) is 169 Å². The molecule has 7 aromatic rings. The van der Waals surface area contributed by atoms with E-state index in [0.717, 1.165) is 26.5 Å². The largest absolute Gasteiger partial charge is 0.355 e. The minimum atomic E-state index is -0.469. The first kappa shape index (κ1) is 42.1. The molecule has 7 aliphatic rings. The molecule has 2 nitrogen and oxygen atoms in total. The predicted molar refractivity (Wildman–Crippen MR) is 298 cm³/mol. The van der Waals surface area contributed by atoms with Crippen LogP contribution >= 0.6 is 0 Å². The Kier molecular flexibility index (Phi) is 8.78. The molecule has 0 saturated heterocycles. The molecule has 14 rings (SSSR count). The van der Waals surface area contributed by atoms with Crippen molar-refractivity contribution in [3.05, 3.63) is 225 Å². The Morgan fingerprint density at radius 3 is 1.96 bits per heavy atom. The minimum absolute atomic E-state index is 0.109. The summed E-state index contributed by atoms with van der Waals surface area (Å²) in [4.78, 5) is 2.67. The van der Waals surface area contributed by atoms with Crippen molar-refractivity contribution in [2.45, 2.75) is 108 Å². The van der Waals surface area contributed by atoms with Crippen LogP contribution in [0.5, 0.6) is 0 Å². The highest BCUT2D eigenvalue weighted by molar-refractivity contribution is 6.57. The van der Waals surface area contributed by atoms with Gasteiger partial charge in [-0.3, -0.25) is 0 Å². The predicted octanol–water partition coefficient (Wildman–Crippen LogP) is 16.5. The number of fused-ring (bicyclic) bond motifs is 14. The third kappa shape index (κ3) is 5.31. The Morgan fingerprint density at radius 2 is 1.29 bits per heavy atom. The summed E-state index contributed by atoms with van der Waals surface area (Å²) in [6.07, 6.45) is 18.0. The van der Waals surface area contributed by atoms with Crippen molar-refractivity contribution in [1.82, 2.24) is 0 Å². The number of benzene rings is 7. The molecule has 0 bridgehead atoms. The van der Waals surface area contributed by atoms with Crippen molar-refractivity contribution in [3.8, 4) is 22.3 Å². The van der Waals surface area contributed by atoms with E-state index in [1.165, 1.54) is 136 Å². The molecule has 0 amide bonds. The van der Waals surface area contributed by atoms with Crippen LogP contribution in [0.4, 0.5) is 28.4 Å². The lowest BCUT2D eigenvalue weighted by atomic mass is 9.57. The first-order chi connectivity index (χ1) is 34.0. The Labute approximate surface area is 415 Å². The summed E-state index contributed by atoms with van der Waals surface area (Å²) >= 11 is 0. The topological polar surface area (TPSA) is 15.3 Å². The van der Waals surface area contributed by atoms with E-state index in [4.69, 9.17) is 0 Å². The molecular weight excluding hydrogens is 844 g/mol. The number of rotatable bonds is 6. The van der Waals surface area contributed by atoms with Crippen LogP contribution < -0.4 is 15.7 Å². The number of hydrogen-bond acceptors (Lipinski definition) is 2. The number of nitrogens with zero attached hydrogens (tertiary/aromatic N) is 1. The summed E-state index contributed by atoms with van der Waals surface area (Å²) in [6.45, 7) is 17.0. The van der Waals surface area contributed by atoms with E-state index in [0.29, 0.717) is 0 Å². The second kappa shape index (κ2) is 14.6. The molecule has 6 aliphatic carbocycles. The van der Waals surface area contributed by atoms with E-state index >= 15 is 0 Å². The first-order valence-electron chi connectivity index (χ1n) is 26.3. The van der Waals surface area contributed by atoms with Crippen molar-refractivity contribution < 1.29 is 0 Å². The van der Waals surface area contributed by atoms with Gasteiger partial charge in [0.2, 0.25) is 0 Å². The SMILES string of the molecule is CBc1c(N2c3ccccc3C3(c4ccccc4-c4ccccc43)c3ccccc32)cc2c3c1-c1c(Nc4ccc5c(c4)C(C)(C)CCC5(C)C)ccc4c1C(C1=C4CCC=C1)C3(C)C=C2/C=C\CC. The zero-order chi connectivity index (χ0) is 47.5. The molecule has 1 spiro atoms. The average molecular weight is 905 g/mol. The molecule has 1 N–H and O–H groups in total. The lowest BCUT2D eigenvalue weighted by Gasteiger charge is -2.46. The van der Waals surface area contributed by atoms with Gasteiger partial charge in [-0.1, -0.05) is 181 Å². The highest BCUT2D eigenvalue weighted by Crippen LogP contribution is 2.68. The molecule has 0 saturated carbocycles. The number of nitrogens with one attached hydrogen (secondary N) is 1. The maximum atomic E-state index is 4.21. The Hall–Kier alpha value is -6.84. The Balaban J connectivity index is 1.06. The quantitative estimate of drug-likeness (QED) is 0.167. The molecule has 7 aromatic carbocycles. The third-order valence-corrected chi connectivity index (χ3v) is 18.3. The second-order valence-corrected chi connectivity index (χ2v) is 22.8. The lowest BCUT2D eigenvalue weighted by Crippen LogP contribution is -2.39. The summed E-state index contributed by atoms with van der Waals surface area (Å²) in [7, 11) is 0.884. The summed E-state index contributed by atoms with van der Waals surface area (Å²) in [5, 5.41) is 4.21. The van der Waals surface area contributed by atoms with Gasteiger partial charge in [0.25, 0.3) is 0 Å². The maximum absolute atomic E-state index is 4.21. The third-order valence-electron chi connectivity index (χ3n) is 18.3. The zero-order valence-corrected chi connectivity index (χ0v) is 41.9. The van der Waals surface area contributed by atoms with Crippen molar-refractivity contribution in [2.75, 3.05) is 10.2 Å². The fourth-order valence-corrected chi connectivity index (χ4v) is 15.1. The van der Waals surface area contributed by atoms with Gasteiger partial charge in [0.05, 0.1) is 16.8 Å². The van der Waals surface area contributed by atoms with E-state index in [-0.39, 0.29) is 22.2 Å². The summed E-state index contributed by atoms with van der Waals surface area (Å²) in [5.74, 6) is 0.224. The monoisotopic (exact) mass is 904 g/mol. The van der Waals surface area contributed by atoms with Crippen molar-refractivity contribution in [2.24, 2.45) is 0 Å². The Bertz CT molecular complexity index is 3500. The average Bonchev–Trinajstić information content (AvgIpc) is 3.99. The van der Waals surface area contributed by atoms with E-state index in [2.05, 4.69) is 222 Å². The molecule has 1 heterocycles. The van der Waals surface area contributed by atoms with Crippen LogP contribution in [0, 0.1) is 0 Å². The molecule has 1 aliphatic heterocycles. The molecule has 2 atom stereocenters. The summed E-state index contributed by atoms with van der Waals surface area (Å²) in [5.41, 5.74) is 31.3. The van der Waals surface area contributed by atoms with Gasteiger partial charge in [-0.2, -0.15) is 0 Å². The fraction of sp³-hybridized carbons (Fsp3) is 0.254. The van der Waals surface area contributed by atoms with Gasteiger partial charge in [-0.15, -0.1) is 0 Å². The van der Waals surface area contributed by atoms with Crippen molar-refractivity contribution in [3.63, 3.8) is 0 Å². The smallest absolute Gasteiger partial charge is 0.158 e. The van der Waals surface area contributed by atoms with Gasteiger partial charge in [0.1, 0.15) is 0 Å². The standard InChI is InChI=1S/C67H61BN2/c1-8-9-20-40-39-66(6)61-46-24-11-10-21-42(46)45-32-34-54(69-41-31-33-50-53(37-41)65(4,5)36-35-64(50,2)3)59(58(45)61)60-62(66)47(40)38-57(63(60)68-7)70-55-29-18-16-27-51(55)67(52-28-17-19-30-56(52)70)48-25-14-12-22-43(48)44-23-13-15-26-49(44)67/h9,11-20,22-34,37-39,61,68-69H,8,10,21,35-36H2,1-7H3/b20-9-. The second-order valence-electron chi connectivity index (χ2n) is 22.8. The van der Waals surface area contributed by atoms with Crippen LogP contribution in [-0.4, -0.2) is 7.28 Å². The van der Waals surface area contributed by atoms with Gasteiger partial charge in [-0.05, 0) is 168 Å². The zero-order valence-electron chi connectivity index (χ0n) is 41.9. The van der Waals surface area contributed by atoms with Crippen molar-refractivity contribution >= 4 is 52.3 Å². The van der Waals surface area contributed by atoms with Crippen LogP contribution in [-0.2, 0) is 21.7 Å². The normalized spacial score (nSPS) is 21.3. The number of hydrogen-bond donors (Lipinski definition) is 1. The summed E-state index contributed by atoms with van der Waals surface area (Å²) in [6, 6.07) is 51.9. The van der Waals surface area contributed by atoms with E-state index in [1.807, 2.05) is 0 Å². The molecule has 70 heavy (non-hydrogen) atoms. The number of allylic oxidation sites excluding steroid dienone is 8. The fourth-order valence-electron chi connectivity index (χ4n) is 15.1. The van der Waals surface area contributed by atoms with Crippen LogP contribution in [0.3, 0.4) is 0 Å². The van der Waals surface area contributed by atoms with E-state index in [9.17, 15) is 0 Å². The molecule has 2 unspecified atom stereocenters. The lowest BCUT2D eigenvalue weighted by molar-refractivity contribution is 0.332. The van der Waals surface area contributed by atoms with Crippen LogP contribution in [0.2, 0.25) is 6.82 Å². The molecule has 342 valence electrons. The molecule has 0 aromatic heterocycles. The maximum Gasteiger partial charge on any atom is 0.158 e. The molecule has 0 fully saturated rings. The molecule has 3 heteroatoms. The van der Waals surface area contributed by atoms with Gasteiger partial charge in [-0.25, -0.2) is 0 Å². The van der Waals surface area contributed by atoms with E-state index < -0.39 is 5.41 Å². The van der Waals surface area contributed by atoms with Gasteiger partial charge in [0.15, 0.2) is 7.28 Å². The van der Waals surface area contributed by atoms with Crippen LogP contribution in [0.25, 0.3) is 33.4 Å². The highest BCUT2D eigenvalue weighted by atomic mass is 15.2. The summed E-state index contributed by atoms with van der Waals surface area (Å²) < 4.78 is 0. The molecule has 0 radical (unpaired) electrons. The molecular formula is C67H61BN2. The number of para-hydroxylation sites is 2. The van der Waals surface area contributed by atoms with Gasteiger partial charge in [0, 0.05) is 34.0 Å². The van der Waals surface area contributed by atoms with Gasteiger partial charge >= 0.3 is 0 Å². The first-order valence-corrected chi connectivity index (χ1v) is 26.3. The van der Waals surface area contributed by atoms with Crippen molar-refractivity contribution in [1.29, 1.82) is 0 Å². The highest BCUT2D eigenvalue weighted by Gasteiger charge is 2.55. The number of anilines is 5. The Morgan fingerprint density at radius 1 is 0.643 bits per heavy atom. The minimum Gasteiger partial charge on any atom is -0.355 e. The van der Waals surface area contributed by atoms with Gasteiger partial charge < -0.3 is 10.2 Å². The van der Waals surface area contributed by atoms with E-state index in [1.54, 1.807) is 5.57 Å². The van der Waals surface area contributed by atoms with Crippen LogP contribution in [0.1, 0.15) is 135 Å².